The molecule has 2 aromatic rings. The van der Waals surface area contributed by atoms with Crippen LogP contribution in [0.25, 0.3) is 10.9 Å². The highest BCUT2D eigenvalue weighted by atomic mass is 35.5. The Morgan fingerprint density at radius 3 is 3.00 bits per heavy atom. The van der Waals surface area contributed by atoms with E-state index in [4.69, 9.17) is 17.3 Å². The van der Waals surface area contributed by atoms with Crippen LogP contribution in [0.4, 0.5) is 5.69 Å². The second-order valence-corrected chi connectivity index (χ2v) is 3.70. The number of benzene rings is 1. The van der Waals surface area contributed by atoms with Gasteiger partial charge in [-0.3, -0.25) is 0 Å². The topological polar surface area (TPSA) is 64.2 Å². The van der Waals surface area contributed by atoms with Gasteiger partial charge in [0.1, 0.15) is 5.84 Å². The number of rotatable bonds is 2. The van der Waals surface area contributed by atoms with Gasteiger partial charge in [0.2, 0.25) is 0 Å². The highest BCUT2D eigenvalue weighted by Gasteiger charge is 2.02. The Kier molecular flexibility index (Phi) is 3.01. The van der Waals surface area contributed by atoms with Crippen molar-refractivity contribution in [1.82, 2.24) is 10.2 Å². The quantitative estimate of drug-likeness (QED) is 0.492. The van der Waals surface area contributed by atoms with Crippen molar-refractivity contribution in [2.75, 3.05) is 5.88 Å². The van der Waals surface area contributed by atoms with Crippen molar-refractivity contribution in [2.45, 2.75) is 6.92 Å². The zero-order chi connectivity index (χ0) is 11.5. The highest BCUT2D eigenvalue weighted by molar-refractivity contribution is 6.28. The molecule has 82 valence electrons. The van der Waals surface area contributed by atoms with Crippen molar-refractivity contribution in [3.63, 3.8) is 0 Å². The van der Waals surface area contributed by atoms with E-state index < -0.39 is 0 Å². The Morgan fingerprint density at radius 1 is 1.44 bits per heavy atom. The molecule has 0 atom stereocenters. The van der Waals surface area contributed by atoms with Crippen LogP contribution in [-0.2, 0) is 0 Å². The van der Waals surface area contributed by atoms with Crippen molar-refractivity contribution >= 4 is 34.0 Å². The molecule has 0 fully saturated rings. The van der Waals surface area contributed by atoms with Crippen molar-refractivity contribution in [3.05, 3.63) is 30.0 Å². The molecule has 4 nitrogen and oxygen atoms in total. The Morgan fingerprint density at radius 2 is 2.25 bits per heavy atom. The van der Waals surface area contributed by atoms with Gasteiger partial charge in [0.05, 0.1) is 22.8 Å². The summed E-state index contributed by atoms with van der Waals surface area (Å²) in [5.41, 5.74) is 8.04. The number of fused-ring (bicyclic) bond motifs is 1. The lowest BCUT2D eigenvalue weighted by Crippen LogP contribution is -2.12. The van der Waals surface area contributed by atoms with E-state index in [0.29, 0.717) is 5.84 Å². The second kappa shape index (κ2) is 4.45. The number of aromatic nitrogens is 2. The summed E-state index contributed by atoms with van der Waals surface area (Å²) in [6.45, 7) is 1.89. The van der Waals surface area contributed by atoms with Gasteiger partial charge >= 0.3 is 0 Å². The van der Waals surface area contributed by atoms with Gasteiger partial charge in [-0.1, -0.05) is 6.07 Å². The number of alkyl halides is 1. The van der Waals surface area contributed by atoms with Crippen molar-refractivity contribution in [3.8, 4) is 0 Å². The van der Waals surface area contributed by atoms with Gasteiger partial charge in [0, 0.05) is 5.39 Å². The molecule has 0 aliphatic rings. The number of aliphatic imine (C=N–C) groups is 1. The van der Waals surface area contributed by atoms with Crippen LogP contribution in [-0.4, -0.2) is 21.9 Å². The summed E-state index contributed by atoms with van der Waals surface area (Å²) in [4.78, 5) is 4.24. The first kappa shape index (κ1) is 10.8. The Balaban J connectivity index is 2.65. The molecule has 16 heavy (non-hydrogen) atoms. The standard InChI is InChI=1S/C11H11ClN4/c1-7-5-8-9(14-11(13)6-12)3-2-4-10(8)16-15-7/h2-5H,6H2,1H3,(H2,13,14). The molecule has 0 saturated carbocycles. The summed E-state index contributed by atoms with van der Waals surface area (Å²) >= 11 is 5.60. The molecular formula is C11H11ClN4. The lowest BCUT2D eigenvalue weighted by molar-refractivity contribution is 1.02. The van der Waals surface area contributed by atoms with E-state index in [1.165, 1.54) is 0 Å². The largest absolute Gasteiger partial charge is 0.386 e. The molecule has 1 aromatic heterocycles. The van der Waals surface area contributed by atoms with Crippen LogP contribution < -0.4 is 5.73 Å². The zero-order valence-electron chi connectivity index (χ0n) is 8.81. The maximum atomic E-state index is 5.62. The van der Waals surface area contributed by atoms with Crippen molar-refractivity contribution in [1.29, 1.82) is 0 Å². The fourth-order valence-corrected chi connectivity index (χ4v) is 1.49. The third-order valence-corrected chi connectivity index (χ3v) is 2.40. The average molecular weight is 235 g/mol. The lowest BCUT2D eigenvalue weighted by Gasteiger charge is -2.02. The first-order chi connectivity index (χ1) is 7.70. The number of hydrogen-bond acceptors (Lipinski definition) is 3. The van der Waals surface area contributed by atoms with Crippen LogP contribution in [0, 0.1) is 6.92 Å². The van der Waals surface area contributed by atoms with E-state index in [1.54, 1.807) is 0 Å². The van der Waals surface area contributed by atoms with Gasteiger partial charge < -0.3 is 5.73 Å². The van der Waals surface area contributed by atoms with Crippen molar-refractivity contribution in [2.24, 2.45) is 10.7 Å². The van der Waals surface area contributed by atoms with Crippen LogP contribution in [0.3, 0.4) is 0 Å². The maximum Gasteiger partial charge on any atom is 0.115 e. The minimum absolute atomic E-state index is 0.216. The number of amidine groups is 1. The fourth-order valence-electron chi connectivity index (χ4n) is 1.43. The maximum absolute atomic E-state index is 5.62. The molecule has 2 rings (SSSR count). The summed E-state index contributed by atoms with van der Waals surface area (Å²) in [6.07, 6.45) is 0. The lowest BCUT2D eigenvalue weighted by atomic mass is 10.2. The van der Waals surface area contributed by atoms with Crippen LogP contribution in [0.5, 0.6) is 0 Å². The van der Waals surface area contributed by atoms with Gasteiger partial charge in [-0.05, 0) is 25.1 Å². The molecule has 0 amide bonds. The van der Waals surface area contributed by atoms with Gasteiger partial charge in [0.15, 0.2) is 0 Å². The van der Waals surface area contributed by atoms with E-state index in [1.807, 2.05) is 31.2 Å². The molecule has 1 aromatic carbocycles. The SMILES string of the molecule is Cc1cc2c(N=C(N)CCl)cccc2nn1. The molecule has 0 bridgehead atoms. The third-order valence-electron chi connectivity index (χ3n) is 2.13. The molecule has 0 radical (unpaired) electrons. The fraction of sp³-hybridized carbons (Fsp3) is 0.182. The summed E-state index contributed by atoms with van der Waals surface area (Å²) in [5.74, 6) is 0.608. The number of nitrogens with two attached hydrogens (primary N) is 1. The van der Waals surface area contributed by atoms with E-state index in [0.717, 1.165) is 22.3 Å². The van der Waals surface area contributed by atoms with E-state index >= 15 is 0 Å². The Hall–Kier alpha value is -1.68. The molecular weight excluding hydrogens is 224 g/mol. The molecule has 5 heteroatoms. The van der Waals surface area contributed by atoms with Gasteiger partial charge in [0.25, 0.3) is 0 Å². The van der Waals surface area contributed by atoms with E-state index in [-0.39, 0.29) is 5.88 Å². The van der Waals surface area contributed by atoms with Crippen LogP contribution in [0.15, 0.2) is 29.3 Å². The normalized spacial score (nSPS) is 12.0. The smallest absolute Gasteiger partial charge is 0.115 e. The first-order valence-electron chi connectivity index (χ1n) is 4.83. The second-order valence-electron chi connectivity index (χ2n) is 3.43. The molecule has 0 saturated heterocycles. The number of aryl methyl sites for hydroxylation is 1. The number of nitrogens with zero attached hydrogens (tertiary/aromatic N) is 3. The minimum Gasteiger partial charge on any atom is -0.386 e. The number of hydrogen-bond donors (Lipinski definition) is 1. The molecule has 1 heterocycles. The molecule has 0 aliphatic carbocycles. The molecule has 0 unspecified atom stereocenters. The van der Waals surface area contributed by atoms with E-state index in [2.05, 4.69) is 15.2 Å². The first-order valence-corrected chi connectivity index (χ1v) is 5.36. The summed E-state index contributed by atoms with van der Waals surface area (Å²) < 4.78 is 0. The summed E-state index contributed by atoms with van der Waals surface area (Å²) in [7, 11) is 0. The summed E-state index contributed by atoms with van der Waals surface area (Å²) in [6, 6.07) is 7.57. The molecule has 0 spiro atoms. The Labute approximate surface area is 98.2 Å². The Bertz CT molecular complexity index is 551. The number of halogens is 1. The van der Waals surface area contributed by atoms with Gasteiger partial charge in [-0.15, -0.1) is 11.6 Å². The van der Waals surface area contributed by atoms with Gasteiger partial charge in [-0.25, -0.2) is 4.99 Å². The average Bonchev–Trinajstić information content (AvgIpc) is 2.29. The molecule has 2 N–H and O–H groups in total. The third kappa shape index (κ3) is 2.12. The van der Waals surface area contributed by atoms with Crippen LogP contribution in [0.2, 0.25) is 0 Å². The van der Waals surface area contributed by atoms with Gasteiger partial charge in [-0.2, -0.15) is 10.2 Å². The summed E-state index contributed by atoms with van der Waals surface area (Å²) in [5, 5.41) is 9.01. The van der Waals surface area contributed by atoms with Crippen LogP contribution >= 0.6 is 11.6 Å². The predicted molar refractivity (Wildman–Crippen MR) is 66.3 cm³/mol. The van der Waals surface area contributed by atoms with Crippen molar-refractivity contribution < 1.29 is 0 Å². The monoisotopic (exact) mass is 234 g/mol. The highest BCUT2D eigenvalue weighted by Crippen LogP contribution is 2.24. The zero-order valence-corrected chi connectivity index (χ0v) is 9.57. The van der Waals surface area contributed by atoms with E-state index in [9.17, 15) is 0 Å². The molecule has 0 aliphatic heterocycles. The minimum atomic E-state index is 0.216. The predicted octanol–water partition coefficient (Wildman–Crippen LogP) is 2.17. The van der Waals surface area contributed by atoms with Crippen LogP contribution in [0.1, 0.15) is 5.69 Å².